The summed E-state index contributed by atoms with van der Waals surface area (Å²) in [4.78, 5) is 15.3. The molecule has 18 heavy (non-hydrogen) atoms. The van der Waals surface area contributed by atoms with E-state index in [1.807, 2.05) is 12.1 Å². The molecule has 0 bridgehead atoms. The number of hydrogen-bond donors (Lipinski definition) is 2. The summed E-state index contributed by atoms with van der Waals surface area (Å²) in [6, 6.07) is 3.86. The maximum absolute atomic E-state index is 11.0. The molecule has 1 aromatic heterocycles. The van der Waals surface area contributed by atoms with Gasteiger partial charge in [0.05, 0.1) is 5.54 Å². The van der Waals surface area contributed by atoms with Gasteiger partial charge in [-0.2, -0.15) is 0 Å². The van der Waals surface area contributed by atoms with Gasteiger partial charge in [0.1, 0.15) is 5.03 Å². The molecular formula is C12H18BrN3OS. The third-order valence-corrected chi connectivity index (χ3v) is 4.61. The number of nitrogens with zero attached hydrogens (tertiary/aromatic N) is 1. The molecule has 4 N–H and O–H groups in total. The van der Waals surface area contributed by atoms with Crippen LogP contribution in [0.4, 0.5) is 0 Å². The van der Waals surface area contributed by atoms with Crippen LogP contribution >= 0.6 is 27.7 Å². The smallest absolute Gasteiger partial charge is 0.237 e. The third kappa shape index (κ3) is 4.96. The molecule has 0 saturated heterocycles. The van der Waals surface area contributed by atoms with Crippen LogP contribution in [0.15, 0.2) is 27.8 Å². The van der Waals surface area contributed by atoms with Gasteiger partial charge in [-0.3, -0.25) is 4.79 Å². The van der Waals surface area contributed by atoms with Crippen LogP contribution in [0.25, 0.3) is 0 Å². The SMILES string of the molecule is CC(N)(CCCCSc1ncccc1Br)C(N)=O. The molecule has 0 spiro atoms. The molecule has 1 aromatic rings. The van der Waals surface area contributed by atoms with E-state index in [9.17, 15) is 4.79 Å². The number of thioether (sulfide) groups is 1. The van der Waals surface area contributed by atoms with Gasteiger partial charge in [0, 0.05) is 10.7 Å². The van der Waals surface area contributed by atoms with Crippen molar-refractivity contribution in [1.29, 1.82) is 0 Å². The molecule has 0 aromatic carbocycles. The van der Waals surface area contributed by atoms with Gasteiger partial charge in [-0.05, 0) is 53.6 Å². The zero-order valence-electron chi connectivity index (χ0n) is 10.4. The van der Waals surface area contributed by atoms with Crippen molar-refractivity contribution in [2.75, 3.05) is 5.75 Å². The van der Waals surface area contributed by atoms with Gasteiger partial charge in [0.2, 0.25) is 5.91 Å². The highest BCUT2D eigenvalue weighted by molar-refractivity contribution is 9.10. The normalized spacial score (nSPS) is 14.2. The molecular weight excluding hydrogens is 314 g/mol. The number of hydrogen-bond acceptors (Lipinski definition) is 4. The van der Waals surface area contributed by atoms with Crippen LogP contribution in [0.5, 0.6) is 0 Å². The number of primary amides is 1. The Kier molecular flexibility index (Phi) is 6.11. The lowest BCUT2D eigenvalue weighted by molar-refractivity contribution is -0.122. The highest BCUT2D eigenvalue weighted by atomic mass is 79.9. The fourth-order valence-corrected chi connectivity index (χ4v) is 2.85. The molecule has 4 nitrogen and oxygen atoms in total. The Bertz CT molecular complexity index is 412. The number of halogens is 1. The van der Waals surface area contributed by atoms with Crippen LogP contribution in [-0.2, 0) is 4.79 Å². The van der Waals surface area contributed by atoms with Gasteiger partial charge in [0.15, 0.2) is 0 Å². The minimum Gasteiger partial charge on any atom is -0.368 e. The summed E-state index contributed by atoms with van der Waals surface area (Å²) in [6.07, 6.45) is 4.25. The van der Waals surface area contributed by atoms with Crippen molar-refractivity contribution in [3.05, 3.63) is 22.8 Å². The van der Waals surface area contributed by atoms with E-state index < -0.39 is 11.4 Å². The highest BCUT2D eigenvalue weighted by Crippen LogP contribution is 2.25. The van der Waals surface area contributed by atoms with Crippen molar-refractivity contribution in [1.82, 2.24) is 4.98 Å². The van der Waals surface area contributed by atoms with Crippen molar-refractivity contribution in [2.45, 2.75) is 36.8 Å². The first-order chi connectivity index (χ1) is 8.43. The number of carbonyl (C=O) groups excluding carboxylic acids is 1. The number of aromatic nitrogens is 1. The predicted octanol–water partition coefficient (Wildman–Crippen LogP) is 2.31. The van der Waals surface area contributed by atoms with Gasteiger partial charge in [-0.15, -0.1) is 11.8 Å². The van der Waals surface area contributed by atoms with Crippen LogP contribution in [-0.4, -0.2) is 22.2 Å². The topological polar surface area (TPSA) is 82.0 Å². The number of unbranched alkanes of at least 4 members (excludes halogenated alkanes) is 1. The zero-order chi connectivity index (χ0) is 13.6. The van der Waals surface area contributed by atoms with E-state index in [1.54, 1.807) is 24.9 Å². The van der Waals surface area contributed by atoms with Crippen LogP contribution in [0.1, 0.15) is 26.2 Å². The van der Waals surface area contributed by atoms with Crippen LogP contribution in [0.3, 0.4) is 0 Å². The number of amides is 1. The molecule has 1 unspecified atom stereocenters. The lowest BCUT2D eigenvalue weighted by atomic mass is 9.96. The lowest BCUT2D eigenvalue weighted by Crippen LogP contribution is -2.49. The first kappa shape index (κ1) is 15.5. The number of carbonyl (C=O) groups is 1. The Morgan fingerprint density at radius 3 is 2.89 bits per heavy atom. The summed E-state index contributed by atoms with van der Waals surface area (Å²) in [5.41, 5.74) is 10.1. The standard InChI is InChI=1S/C12H18BrN3OS/c1-12(15,11(14)17)6-2-3-8-18-10-9(13)5-4-7-16-10/h4-5,7H,2-3,6,8,15H2,1H3,(H2,14,17). The zero-order valence-corrected chi connectivity index (χ0v) is 12.8. The van der Waals surface area contributed by atoms with Crippen LogP contribution < -0.4 is 11.5 Å². The Morgan fingerprint density at radius 1 is 1.56 bits per heavy atom. The van der Waals surface area contributed by atoms with Gasteiger partial charge >= 0.3 is 0 Å². The quantitative estimate of drug-likeness (QED) is 0.593. The number of pyridine rings is 1. The summed E-state index contributed by atoms with van der Waals surface area (Å²) in [7, 11) is 0. The summed E-state index contributed by atoms with van der Waals surface area (Å²) in [5.74, 6) is 0.507. The maximum Gasteiger partial charge on any atom is 0.237 e. The minimum absolute atomic E-state index is 0.442. The monoisotopic (exact) mass is 331 g/mol. The van der Waals surface area contributed by atoms with E-state index in [4.69, 9.17) is 11.5 Å². The fraction of sp³-hybridized carbons (Fsp3) is 0.500. The summed E-state index contributed by atoms with van der Waals surface area (Å²) >= 11 is 5.14. The van der Waals surface area contributed by atoms with E-state index in [1.165, 1.54) is 0 Å². The third-order valence-electron chi connectivity index (χ3n) is 2.62. The highest BCUT2D eigenvalue weighted by Gasteiger charge is 2.24. The van der Waals surface area contributed by atoms with Crippen molar-refractivity contribution in [3.63, 3.8) is 0 Å². The average molecular weight is 332 g/mol. The van der Waals surface area contributed by atoms with Gasteiger partial charge in [0.25, 0.3) is 0 Å². The molecule has 6 heteroatoms. The Balaban J connectivity index is 2.24. The van der Waals surface area contributed by atoms with Crippen molar-refractivity contribution >= 4 is 33.6 Å². The summed E-state index contributed by atoms with van der Waals surface area (Å²) in [5, 5.41) is 0.989. The molecule has 0 fully saturated rings. The molecule has 1 atom stereocenters. The lowest BCUT2D eigenvalue weighted by Gasteiger charge is -2.19. The van der Waals surface area contributed by atoms with E-state index >= 15 is 0 Å². The number of nitrogens with two attached hydrogens (primary N) is 2. The fourth-order valence-electron chi connectivity index (χ4n) is 1.36. The van der Waals surface area contributed by atoms with Gasteiger partial charge in [-0.1, -0.05) is 6.42 Å². The molecule has 1 rings (SSSR count). The first-order valence-electron chi connectivity index (χ1n) is 5.75. The van der Waals surface area contributed by atoms with Gasteiger partial charge in [-0.25, -0.2) is 4.98 Å². The molecule has 0 aliphatic carbocycles. The second-order valence-electron chi connectivity index (χ2n) is 4.38. The second kappa shape index (κ2) is 7.11. The van der Waals surface area contributed by atoms with Crippen molar-refractivity contribution in [2.24, 2.45) is 11.5 Å². The molecule has 0 radical (unpaired) electrons. The number of rotatable bonds is 7. The molecule has 1 heterocycles. The van der Waals surface area contributed by atoms with Gasteiger partial charge < -0.3 is 11.5 Å². The Morgan fingerprint density at radius 2 is 2.28 bits per heavy atom. The summed E-state index contributed by atoms with van der Waals surface area (Å²) < 4.78 is 1.01. The molecule has 100 valence electrons. The average Bonchev–Trinajstić information content (AvgIpc) is 2.30. The van der Waals surface area contributed by atoms with E-state index in [-0.39, 0.29) is 0 Å². The van der Waals surface area contributed by atoms with Crippen LogP contribution in [0.2, 0.25) is 0 Å². The maximum atomic E-state index is 11.0. The first-order valence-corrected chi connectivity index (χ1v) is 7.53. The van der Waals surface area contributed by atoms with E-state index in [2.05, 4.69) is 20.9 Å². The summed E-state index contributed by atoms with van der Waals surface area (Å²) in [6.45, 7) is 1.68. The molecule has 0 saturated carbocycles. The molecule has 0 aliphatic rings. The Hall–Kier alpha value is -0.590. The largest absolute Gasteiger partial charge is 0.368 e. The predicted molar refractivity (Wildman–Crippen MR) is 78.3 cm³/mol. The van der Waals surface area contributed by atoms with Crippen molar-refractivity contribution in [3.8, 4) is 0 Å². The second-order valence-corrected chi connectivity index (χ2v) is 6.32. The van der Waals surface area contributed by atoms with Crippen molar-refractivity contribution < 1.29 is 4.79 Å². The Labute approximate surface area is 120 Å². The minimum atomic E-state index is -0.893. The molecule has 1 amide bonds. The van der Waals surface area contributed by atoms with Crippen LogP contribution in [0, 0.1) is 0 Å². The molecule has 0 aliphatic heterocycles. The van der Waals surface area contributed by atoms with E-state index in [0.29, 0.717) is 6.42 Å². The van der Waals surface area contributed by atoms with E-state index in [0.717, 1.165) is 28.1 Å².